The fourth-order valence-corrected chi connectivity index (χ4v) is 3.30. The van der Waals surface area contributed by atoms with Gasteiger partial charge >= 0.3 is 5.97 Å². The molecule has 0 atom stereocenters. The smallest absolute Gasteiger partial charge is 0.335 e. The van der Waals surface area contributed by atoms with Crippen molar-refractivity contribution in [2.45, 2.75) is 6.92 Å². The van der Waals surface area contributed by atoms with E-state index in [4.69, 9.17) is 0 Å². The van der Waals surface area contributed by atoms with Gasteiger partial charge in [0.15, 0.2) is 0 Å². The normalized spacial score (nSPS) is 11.6. The van der Waals surface area contributed by atoms with Crippen molar-refractivity contribution in [3.05, 3.63) is 53.1 Å². The Hall–Kier alpha value is -2.88. The van der Waals surface area contributed by atoms with Crippen molar-refractivity contribution in [1.82, 2.24) is 4.57 Å². The van der Waals surface area contributed by atoms with Gasteiger partial charge in [-0.1, -0.05) is 12.7 Å². The van der Waals surface area contributed by atoms with Gasteiger partial charge in [-0.25, -0.2) is 4.79 Å². The molecule has 0 amide bonds. The molecule has 0 aliphatic carbocycles. The van der Waals surface area contributed by atoms with Crippen molar-refractivity contribution in [3.8, 4) is 0 Å². The summed E-state index contributed by atoms with van der Waals surface area (Å²) in [6.07, 6.45) is 3.65. The monoisotopic (exact) mass is 306 g/mol. The van der Waals surface area contributed by atoms with Crippen LogP contribution in [0.25, 0.3) is 27.9 Å². The number of aryl methyl sites for hydroxylation is 2. The molecule has 4 heteroatoms. The van der Waals surface area contributed by atoms with E-state index in [2.05, 4.69) is 29.1 Å². The van der Waals surface area contributed by atoms with Crippen LogP contribution in [0.2, 0.25) is 0 Å². The van der Waals surface area contributed by atoms with Crippen molar-refractivity contribution in [3.63, 3.8) is 0 Å². The van der Waals surface area contributed by atoms with Crippen molar-refractivity contribution < 1.29 is 9.90 Å². The molecule has 1 heterocycles. The number of fused-ring (bicyclic) bond motifs is 3. The van der Waals surface area contributed by atoms with E-state index in [9.17, 15) is 9.90 Å². The van der Waals surface area contributed by atoms with Crippen LogP contribution in [0.5, 0.6) is 0 Å². The maximum absolute atomic E-state index is 11.3. The number of nitrogens with zero attached hydrogens (tertiary/aromatic N) is 2. The second-order valence-electron chi connectivity index (χ2n) is 5.59. The van der Waals surface area contributed by atoms with Crippen LogP contribution in [0.15, 0.2) is 35.8 Å². The quantitative estimate of drug-likeness (QED) is 0.743. The number of rotatable bonds is 3. The molecule has 0 unspecified atom stereocenters. The van der Waals surface area contributed by atoms with E-state index >= 15 is 0 Å². The van der Waals surface area contributed by atoms with E-state index in [-0.39, 0.29) is 0 Å². The highest BCUT2D eigenvalue weighted by Gasteiger charge is 2.16. The first kappa shape index (κ1) is 15.0. The minimum Gasteiger partial charge on any atom is -0.478 e. The second kappa shape index (κ2) is 5.39. The maximum atomic E-state index is 11.3. The number of benzene rings is 2. The molecule has 2 aromatic carbocycles. The van der Waals surface area contributed by atoms with Gasteiger partial charge in [0.1, 0.15) is 0 Å². The summed E-state index contributed by atoms with van der Waals surface area (Å²) in [7, 11) is 3.73. The molecule has 3 rings (SSSR count). The first-order valence-electron chi connectivity index (χ1n) is 7.33. The third-order valence-electron chi connectivity index (χ3n) is 4.33. The second-order valence-corrected chi connectivity index (χ2v) is 5.59. The number of aromatic carboxylic acids is 1. The first-order chi connectivity index (χ1) is 11.0. The van der Waals surface area contributed by atoms with Gasteiger partial charge in [-0.3, -0.25) is 4.99 Å². The lowest BCUT2D eigenvalue weighted by atomic mass is 9.98. The number of hydrogen-bond donors (Lipinski definition) is 1. The van der Waals surface area contributed by atoms with Crippen LogP contribution in [0, 0.1) is 6.92 Å². The van der Waals surface area contributed by atoms with E-state index in [0.717, 1.165) is 38.5 Å². The molecule has 0 radical (unpaired) electrons. The average Bonchev–Trinajstić information content (AvgIpc) is 2.80. The lowest BCUT2D eigenvalue weighted by Crippen LogP contribution is -1.96. The zero-order valence-corrected chi connectivity index (χ0v) is 13.4. The highest BCUT2D eigenvalue weighted by atomic mass is 16.4. The molecule has 0 saturated carbocycles. The molecule has 3 aromatic rings. The third kappa shape index (κ3) is 2.14. The summed E-state index contributed by atoms with van der Waals surface area (Å²) in [5, 5.41) is 11.2. The number of aromatic nitrogens is 1. The Kier molecular flexibility index (Phi) is 3.52. The molecule has 0 aliphatic heterocycles. The van der Waals surface area contributed by atoms with Gasteiger partial charge < -0.3 is 9.67 Å². The standard InChI is InChI=1S/C19H18N2O2/c1-5-14-11(2)18-16(9-13(14)10-20-3)15-8-12(19(22)23)6-7-17(15)21(18)4/h5-10H,1H2,2-4H3,(H,22,23). The predicted molar refractivity (Wildman–Crippen MR) is 95.7 cm³/mol. The van der Waals surface area contributed by atoms with E-state index in [1.54, 1.807) is 19.2 Å². The molecule has 0 fully saturated rings. The van der Waals surface area contributed by atoms with Crippen LogP contribution in [0.3, 0.4) is 0 Å². The largest absolute Gasteiger partial charge is 0.478 e. The molecular formula is C19H18N2O2. The van der Waals surface area contributed by atoms with Gasteiger partial charge in [-0.15, -0.1) is 0 Å². The number of aliphatic imine (C=N–C) groups is 1. The Labute approximate surface area is 134 Å². The van der Waals surface area contributed by atoms with Crippen LogP contribution in [0.4, 0.5) is 0 Å². The molecule has 0 spiro atoms. The Morgan fingerprint density at radius 2 is 2.04 bits per heavy atom. The van der Waals surface area contributed by atoms with Crippen molar-refractivity contribution in [2.24, 2.45) is 12.0 Å². The molecule has 0 saturated heterocycles. The molecular weight excluding hydrogens is 288 g/mol. The average molecular weight is 306 g/mol. The summed E-state index contributed by atoms with van der Waals surface area (Å²) in [6, 6.07) is 7.29. The summed E-state index contributed by atoms with van der Waals surface area (Å²) in [4.78, 5) is 15.4. The lowest BCUT2D eigenvalue weighted by Gasteiger charge is -2.09. The fourth-order valence-electron chi connectivity index (χ4n) is 3.30. The molecule has 4 nitrogen and oxygen atoms in total. The number of carboxylic acids is 1. The van der Waals surface area contributed by atoms with Crippen LogP contribution in [0.1, 0.15) is 27.0 Å². The summed E-state index contributed by atoms with van der Waals surface area (Å²) in [6.45, 7) is 5.97. The molecule has 0 bridgehead atoms. The first-order valence-corrected chi connectivity index (χ1v) is 7.33. The SMILES string of the molecule is C=Cc1c(C=NC)cc2c3cc(C(=O)O)ccc3n(C)c2c1C. The van der Waals surface area contributed by atoms with Crippen molar-refractivity contribution in [1.29, 1.82) is 0 Å². The Bertz CT molecular complexity index is 994. The van der Waals surface area contributed by atoms with Gasteiger partial charge in [0.25, 0.3) is 0 Å². The summed E-state index contributed by atoms with van der Waals surface area (Å²) in [5.74, 6) is -0.918. The Morgan fingerprint density at radius 1 is 1.30 bits per heavy atom. The molecule has 1 aromatic heterocycles. The topological polar surface area (TPSA) is 54.6 Å². The molecule has 23 heavy (non-hydrogen) atoms. The van der Waals surface area contributed by atoms with Crippen LogP contribution in [-0.2, 0) is 7.05 Å². The Morgan fingerprint density at radius 3 is 2.65 bits per heavy atom. The number of carboxylic acid groups (broad SMARTS) is 1. The zero-order chi connectivity index (χ0) is 16.7. The van der Waals surface area contributed by atoms with E-state index < -0.39 is 5.97 Å². The van der Waals surface area contributed by atoms with E-state index in [1.165, 1.54) is 0 Å². The third-order valence-corrected chi connectivity index (χ3v) is 4.33. The fraction of sp³-hybridized carbons (Fsp3) is 0.158. The van der Waals surface area contributed by atoms with Crippen molar-refractivity contribution in [2.75, 3.05) is 7.05 Å². The lowest BCUT2D eigenvalue weighted by molar-refractivity contribution is 0.0697. The van der Waals surface area contributed by atoms with E-state index in [0.29, 0.717) is 5.56 Å². The van der Waals surface area contributed by atoms with Gasteiger partial charge in [0.05, 0.1) is 11.1 Å². The minimum atomic E-state index is -0.918. The predicted octanol–water partition coefficient (Wildman–Crippen LogP) is 4.03. The Balaban J connectivity index is 2.53. The summed E-state index contributed by atoms with van der Waals surface area (Å²) >= 11 is 0. The van der Waals surface area contributed by atoms with Gasteiger partial charge in [-0.05, 0) is 42.3 Å². The number of carbonyl (C=O) groups is 1. The van der Waals surface area contributed by atoms with Gasteiger partial charge in [-0.2, -0.15) is 0 Å². The van der Waals surface area contributed by atoms with Crippen LogP contribution in [-0.4, -0.2) is 28.9 Å². The van der Waals surface area contributed by atoms with Gasteiger partial charge in [0, 0.05) is 42.2 Å². The zero-order valence-electron chi connectivity index (χ0n) is 13.4. The molecule has 1 N–H and O–H groups in total. The van der Waals surface area contributed by atoms with Crippen LogP contribution < -0.4 is 0 Å². The number of hydrogen-bond acceptors (Lipinski definition) is 2. The highest BCUT2D eigenvalue weighted by Crippen LogP contribution is 2.34. The highest BCUT2D eigenvalue weighted by molar-refractivity contribution is 6.13. The maximum Gasteiger partial charge on any atom is 0.335 e. The molecule has 116 valence electrons. The summed E-state index contributed by atoms with van der Waals surface area (Å²) < 4.78 is 2.10. The van der Waals surface area contributed by atoms with Gasteiger partial charge in [0.2, 0.25) is 0 Å². The summed E-state index contributed by atoms with van der Waals surface area (Å²) in [5.41, 5.74) is 5.54. The van der Waals surface area contributed by atoms with Crippen molar-refractivity contribution >= 4 is 40.1 Å². The van der Waals surface area contributed by atoms with Crippen LogP contribution >= 0.6 is 0 Å². The van der Waals surface area contributed by atoms with E-state index in [1.807, 2.05) is 25.4 Å². The minimum absolute atomic E-state index is 0.293. The molecule has 0 aliphatic rings.